The molecule has 0 radical (unpaired) electrons. The molecule has 6 nitrogen and oxygen atoms in total. The molecule has 3 amide bonds. The number of primary amides is 1. The molecule has 0 bridgehead atoms. The number of imide groups is 1. The first-order valence-electron chi connectivity index (χ1n) is 6.14. The second kappa shape index (κ2) is 7.24. The van der Waals surface area contributed by atoms with Gasteiger partial charge in [0.25, 0.3) is 0 Å². The number of carbonyl (C=O) groups excluding carboxylic acids is 2. The third-order valence-electron chi connectivity index (χ3n) is 2.99. The van der Waals surface area contributed by atoms with Gasteiger partial charge in [0.15, 0.2) is 0 Å². The van der Waals surface area contributed by atoms with Crippen molar-refractivity contribution < 1.29 is 9.59 Å². The summed E-state index contributed by atoms with van der Waals surface area (Å²) in [5, 5.41) is 5.44. The van der Waals surface area contributed by atoms with Gasteiger partial charge in [-0.15, -0.1) is 0 Å². The molecule has 0 spiro atoms. The van der Waals surface area contributed by atoms with Crippen molar-refractivity contribution in [2.45, 2.75) is 19.8 Å². The van der Waals surface area contributed by atoms with E-state index >= 15 is 0 Å². The molecule has 1 aliphatic heterocycles. The molecule has 0 aromatic heterocycles. The minimum absolute atomic E-state index is 0.232. The highest BCUT2D eigenvalue weighted by molar-refractivity contribution is 5.94. The second-order valence-electron chi connectivity index (χ2n) is 4.45. The van der Waals surface area contributed by atoms with Crippen LogP contribution >= 0.6 is 0 Å². The van der Waals surface area contributed by atoms with Crippen molar-refractivity contribution in [3.63, 3.8) is 0 Å². The van der Waals surface area contributed by atoms with Gasteiger partial charge in [-0.1, -0.05) is 6.92 Å². The highest BCUT2D eigenvalue weighted by Gasteiger charge is 2.18. The Hall–Kier alpha value is -1.14. The standard InChI is InChI=1S/C11H22N4O2/c1-2-15(8-10(16)14-11(12)17)7-9-4-3-5-13-6-9/h9,13H,2-8H2,1H3,(H3,12,14,16,17). The van der Waals surface area contributed by atoms with E-state index in [0.717, 1.165) is 26.2 Å². The van der Waals surface area contributed by atoms with E-state index in [0.29, 0.717) is 5.92 Å². The molecule has 0 aromatic carbocycles. The van der Waals surface area contributed by atoms with E-state index in [1.54, 1.807) is 0 Å². The van der Waals surface area contributed by atoms with Crippen LogP contribution in [0, 0.1) is 5.92 Å². The number of nitrogens with two attached hydrogens (primary N) is 1. The van der Waals surface area contributed by atoms with Crippen LogP contribution in [0.2, 0.25) is 0 Å². The maximum Gasteiger partial charge on any atom is 0.318 e. The number of nitrogens with one attached hydrogen (secondary N) is 2. The summed E-state index contributed by atoms with van der Waals surface area (Å²) in [4.78, 5) is 24.0. The first-order valence-corrected chi connectivity index (χ1v) is 6.14. The zero-order valence-corrected chi connectivity index (χ0v) is 10.4. The highest BCUT2D eigenvalue weighted by atomic mass is 16.2. The summed E-state index contributed by atoms with van der Waals surface area (Å²) in [7, 11) is 0. The quantitative estimate of drug-likeness (QED) is 0.606. The molecule has 0 saturated carbocycles. The molecule has 0 aromatic rings. The van der Waals surface area contributed by atoms with E-state index < -0.39 is 6.03 Å². The number of amides is 3. The fourth-order valence-electron chi connectivity index (χ4n) is 2.13. The SMILES string of the molecule is CCN(CC(=O)NC(N)=O)CC1CCCNC1. The van der Waals surface area contributed by atoms with Crippen LogP contribution < -0.4 is 16.4 Å². The molecular weight excluding hydrogens is 220 g/mol. The van der Waals surface area contributed by atoms with E-state index in [1.807, 2.05) is 11.8 Å². The molecule has 1 atom stereocenters. The van der Waals surface area contributed by atoms with Crippen molar-refractivity contribution in [3.8, 4) is 0 Å². The smallest absolute Gasteiger partial charge is 0.318 e. The van der Waals surface area contributed by atoms with E-state index in [-0.39, 0.29) is 12.5 Å². The van der Waals surface area contributed by atoms with Crippen LogP contribution in [0.5, 0.6) is 0 Å². The second-order valence-corrected chi connectivity index (χ2v) is 4.45. The van der Waals surface area contributed by atoms with Crippen molar-refractivity contribution in [1.29, 1.82) is 0 Å². The van der Waals surface area contributed by atoms with Crippen LogP contribution in [0.15, 0.2) is 0 Å². The van der Waals surface area contributed by atoms with Gasteiger partial charge in [0, 0.05) is 6.54 Å². The molecule has 98 valence electrons. The van der Waals surface area contributed by atoms with Gasteiger partial charge in [0.1, 0.15) is 0 Å². The predicted octanol–water partition coefficient (Wildman–Crippen LogP) is -0.497. The van der Waals surface area contributed by atoms with Gasteiger partial charge in [0.05, 0.1) is 6.54 Å². The molecule has 0 aliphatic carbocycles. The number of piperidine rings is 1. The maximum atomic E-state index is 11.4. The summed E-state index contributed by atoms with van der Waals surface area (Å²) in [6.07, 6.45) is 2.39. The molecule has 6 heteroatoms. The fourth-order valence-corrected chi connectivity index (χ4v) is 2.13. The number of rotatable bonds is 5. The van der Waals surface area contributed by atoms with Crippen molar-refractivity contribution in [2.75, 3.05) is 32.7 Å². The zero-order valence-electron chi connectivity index (χ0n) is 10.4. The average molecular weight is 242 g/mol. The third kappa shape index (κ3) is 5.65. The van der Waals surface area contributed by atoms with Crippen LogP contribution in [0.4, 0.5) is 4.79 Å². The third-order valence-corrected chi connectivity index (χ3v) is 2.99. The monoisotopic (exact) mass is 242 g/mol. The van der Waals surface area contributed by atoms with E-state index in [2.05, 4.69) is 10.6 Å². The summed E-state index contributed by atoms with van der Waals surface area (Å²) in [6.45, 7) is 6.01. The predicted molar refractivity (Wildman–Crippen MR) is 65.4 cm³/mol. The first kappa shape index (κ1) is 13.9. The van der Waals surface area contributed by atoms with Gasteiger partial charge in [-0.25, -0.2) is 4.79 Å². The number of nitrogens with zero attached hydrogens (tertiary/aromatic N) is 1. The number of hydrogen-bond donors (Lipinski definition) is 3. The van der Waals surface area contributed by atoms with Crippen molar-refractivity contribution >= 4 is 11.9 Å². The fraction of sp³-hybridized carbons (Fsp3) is 0.818. The van der Waals surface area contributed by atoms with E-state index in [9.17, 15) is 9.59 Å². The largest absolute Gasteiger partial charge is 0.351 e. The summed E-state index contributed by atoms with van der Waals surface area (Å²) in [5.41, 5.74) is 4.90. The Bertz CT molecular complexity index is 264. The van der Waals surface area contributed by atoms with E-state index in [4.69, 9.17) is 5.73 Å². The highest BCUT2D eigenvalue weighted by Crippen LogP contribution is 2.11. The number of carbonyl (C=O) groups is 2. The Morgan fingerprint density at radius 2 is 2.29 bits per heavy atom. The summed E-state index contributed by atoms with van der Waals surface area (Å²) in [5.74, 6) is 0.258. The summed E-state index contributed by atoms with van der Waals surface area (Å²) >= 11 is 0. The van der Waals surface area contributed by atoms with Crippen molar-refractivity contribution in [2.24, 2.45) is 11.7 Å². The minimum Gasteiger partial charge on any atom is -0.351 e. The Labute approximate surface area is 102 Å². The Morgan fingerprint density at radius 1 is 1.53 bits per heavy atom. The van der Waals surface area contributed by atoms with Gasteiger partial charge < -0.3 is 11.1 Å². The zero-order chi connectivity index (χ0) is 12.7. The summed E-state index contributed by atoms with van der Waals surface area (Å²) < 4.78 is 0. The van der Waals surface area contributed by atoms with Crippen molar-refractivity contribution in [1.82, 2.24) is 15.5 Å². The van der Waals surface area contributed by atoms with Crippen LogP contribution in [-0.2, 0) is 4.79 Å². The van der Waals surface area contributed by atoms with Gasteiger partial charge >= 0.3 is 6.03 Å². The maximum absolute atomic E-state index is 11.4. The van der Waals surface area contributed by atoms with Crippen molar-refractivity contribution in [3.05, 3.63) is 0 Å². The van der Waals surface area contributed by atoms with E-state index in [1.165, 1.54) is 12.8 Å². The lowest BCUT2D eigenvalue weighted by Crippen LogP contribution is -2.45. The lowest BCUT2D eigenvalue weighted by atomic mass is 9.99. The molecule has 1 unspecified atom stereocenters. The topological polar surface area (TPSA) is 87.5 Å². The lowest BCUT2D eigenvalue weighted by Gasteiger charge is -2.28. The molecule has 1 fully saturated rings. The van der Waals surface area contributed by atoms with Crippen LogP contribution in [0.25, 0.3) is 0 Å². The normalized spacial score (nSPS) is 20.2. The first-order chi connectivity index (χ1) is 8.11. The molecule has 1 rings (SSSR count). The van der Waals surface area contributed by atoms with Crippen LogP contribution in [-0.4, -0.2) is 49.6 Å². The number of likely N-dealkylation sites (N-methyl/N-ethyl adjacent to an activating group) is 1. The molecule has 1 aliphatic rings. The molecule has 1 heterocycles. The Balaban J connectivity index is 2.31. The molecule has 1 saturated heterocycles. The minimum atomic E-state index is -0.787. The molecular formula is C11H22N4O2. The van der Waals surface area contributed by atoms with Crippen LogP contribution in [0.1, 0.15) is 19.8 Å². The lowest BCUT2D eigenvalue weighted by molar-refractivity contribution is -0.121. The van der Waals surface area contributed by atoms with Gasteiger partial charge in [-0.05, 0) is 38.4 Å². The Morgan fingerprint density at radius 3 is 2.82 bits per heavy atom. The van der Waals surface area contributed by atoms with Gasteiger partial charge in [0.2, 0.25) is 5.91 Å². The van der Waals surface area contributed by atoms with Crippen LogP contribution in [0.3, 0.4) is 0 Å². The molecule has 4 N–H and O–H groups in total. The van der Waals surface area contributed by atoms with Gasteiger partial charge in [-0.3, -0.25) is 15.0 Å². The number of hydrogen-bond acceptors (Lipinski definition) is 4. The Kier molecular flexibility index (Phi) is 5.93. The van der Waals surface area contributed by atoms with Gasteiger partial charge in [-0.2, -0.15) is 0 Å². The molecule has 17 heavy (non-hydrogen) atoms. The summed E-state index contributed by atoms with van der Waals surface area (Å²) in [6, 6.07) is -0.787. The number of urea groups is 1. The average Bonchev–Trinajstić information content (AvgIpc) is 2.28.